The van der Waals surface area contributed by atoms with Crippen molar-refractivity contribution in [3.63, 3.8) is 0 Å². The standard InChI is InChI=1S/C16H24N4O2/c1-12-9-13(2)18-16(17-12)14-10-19(7-8-22-14)11-15(21)20-5-3-4-6-20/h9,14H,3-8,10-11H2,1-2H3/t14-/m1/s1. The number of rotatable bonds is 3. The molecule has 3 heterocycles. The number of carbonyl (C=O) groups excluding carboxylic acids is 1. The van der Waals surface area contributed by atoms with Crippen molar-refractivity contribution in [2.45, 2.75) is 32.8 Å². The van der Waals surface area contributed by atoms with Gasteiger partial charge in [0.15, 0.2) is 5.82 Å². The highest BCUT2D eigenvalue weighted by Crippen LogP contribution is 2.20. The van der Waals surface area contributed by atoms with Crippen molar-refractivity contribution >= 4 is 5.91 Å². The Labute approximate surface area is 131 Å². The van der Waals surface area contributed by atoms with Crippen molar-refractivity contribution in [1.82, 2.24) is 19.8 Å². The second-order valence-corrected chi connectivity index (χ2v) is 6.19. The van der Waals surface area contributed by atoms with E-state index >= 15 is 0 Å². The second kappa shape index (κ2) is 6.71. The smallest absolute Gasteiger partial charge is 0.236 e. The van der Waals surface area contributed by atoms with Gasteiger partial charge in [-0.15, -0.1) is 0 Å². The Morgan fingerprint density at radius 2 is 1.91 bits per heavy atom. The fourth-order valence-electron chi connectivity index (χ4n) is 3.16. The van der Waals surface area contributed by atoms with Crippen LogP contribution in [0.5, 0.6) is 0 Å². The van der Waals surface area contributed by atoms with Gasteiger partial charge in [-0.25, -0.2) is 9.97 Å². The van der Waals surface area contributed by atoms with Gasteiger partial charge in [-0.05, 0) is 32.8 Å². The number of aryl methyl sites for hydroxylation is 2. The quantitative estimate of drug-likeness (QED) is 0.836. The number of ether oxygens (including phenoxy) is 1. The minimum absolute atomic E-state index is 0.140. The molecule has 0 aliphatic carbocycles. The van der Waals surface area contributed by atoms with Crippen LogP contribution < -0.4 is 0 Å². The van der Waals surface area contributed by atoms with Gasteiger partial charge in [0, 0.05) is 37.6 Å². The summed E-state index contributed by atoms with van der Waals surface area (Å²) >= 11 is 0. The van der Waals surface area contributed by atoms with Gasteiger partial charge in [0.25, 0.3) is 0 Å². The molecule has 1 aromatic heterocycles. The lowest BCUT2D eigenvalue weighted by Crippen LogP contribution is -2.45. The van der Waals surface area contributed by atoms with Gasteiger partial charge in [0.2, 0.25) is 5.91 Å². The molecule has 0 unspecified atom stereocenters. The zero-order chi connectivity index (χ0) is 15.5. The average molecular weight is 304 g/mol. The molecule has 0 bridgehead atoms. The number of amides is 1. The summed E-state index contributed by atoms with van der Waals surface area (Å²) in [5.74, 6) is 0.968. The third-order valence-electron chi connectivity index (χ3n) is 4.26. The zero-order valence-electron chi connectivity index (χ0n) is 13.4. The maximum absolute atomic E-state index is 12.3. The van der Waals surface area contributed by atoms with Crippen LogP contribution in [0.25, 0.3) is 0 Å². The van der Waals surface area contributed by atoms with E-state index < -0.39 is 0 Å². The van der Waals surface area contributed by atoms with Crippen molar-refractivity contribution in [3.05, 3.63) is 23.3 Å². The van der Waals surface area contributed by atoms with Gasteiger partial charge in [0.05, 0.1) is 13.2 Å². The van der Waals surface area contributed by atoms with Crippen LogP contribution in [0.15, 0.2) is 6.07 Å². The summed E-state index contributed by atoms with van der Waals surface area (Å²) in [6.07, 6.45) is 2.13. The van der Waals surface area contributed by atoms with Gasteiger partial charge in [-0.1, -0.05) is 0 Å². The molecule has 0 aromatic carbocycles. The topological polar surface area (TPSA) is 58.6 Å². The molecule has 0 N–H and O–H groups in total. The summed E-state index contributed by atoms with van der Waals surface area (Å²) in [4.78, 5) is 25.4. The third-order valence-corrected chi connectivity index (χ3v) is 4.26. The molecular formula is C16H24N4O2. The molecule has 120 valence electrons. The first-order chi connectivity index (χ1) is 10.6. The Morgan fingerprint density at radius 3 is 2.59 bits per heavy atom. The van der Waals surface area contributed by atoms with Gasteiger partial charge in [-0.3, -0.25) is 9.69 Å². The molecule has 22 heavy (non-hydrogen) atoms. The third kappa shape index (κ3) is 3.62. The van der Waals surface area contributed by atoms with Crippen LogP contribution in [0.3, 0.4) is 0 Å². The molecule has 0 radical (unpaired) electrons. The predicted octanol–water partition coefficient (Wildman–Crippen LogP) is 1.09. The molecule has 0 spiro atoms. The summed E-state index contributed by atoms with van der Waals surface area (Å²) in [5, 5.41) is 0. The Hall–Kier alpha value is -1.53. The fourth-order valence-corrected chi connectivity index (χ4v) is 3.16. The van der Waals surface area contributed by atoms with E-state index in [1.54, 1.807) is 0 Å². The Bertz CT molecular complexity index is 523. The van der Waals surface area contributed by atoms with Crippen LogP contribution >= 0.6 is 0 Å². The first-order valence-electron chi connectivity index (χ1n) is 8.06. The molecule has 1 atom stereocenters. The largest absolute Gasteiger partial charge is 0.368 e. The number of morpholine rings is 1. The van der Waals surface area contributed by atoms with Crippen LogP contribution in [0.2, 0.25) is 0 Å². The average Bonchev–Trinajstić information content (AvgIpc) is 3.01. The van der Waals surface area contributed by atoms with E-state index in [1.165, 1.54) is 0 Å². The van der Waals surface area contributed by atoms with E-state index in [0.717, 1.165) is 49.7 Å². The monoisotopic (exact) mass is 304 g/mol. The Morgan fingerprint density at radius 1 is 1.23 bits per heavy atom. The summed E-state index contributed by atoms with van der Waals surface area (Å²) in [7, 11) is 0. The van der Waals surface area contributed by atoms with Gasteiger partial charge in [-0.2, -0.15) is 0 Å². The lowest BCUT2D eigenvalue weighted by atomic mass is 10.2. The predicted molar refractivity (Wildman–Crippen MR) is 82.5 cm³/mol. The number of likely N-dealkylation sites (tertiary alicyclic amines) is 1. The fraction of sp³-hybridized carbons (Fsp3) is 0.688. The molecule has 6 nitrogen and oxygen atoms in total. The lowest BCUT2D eigenvalue weighted by Gasteiger charge is -2.32. The van der Waals surface area contributed by atoms with E-state index in [4.69, 9.17) is 4.74 Å². The highest BCUT2D eigenvalue weighted by molar-refractivity contribution is 5.78. The molecule has 3 rings (SSSR count). The van der Waals surface area contributed by atoms with Crippen LogP contribution in [-0.4, -0.2) is 65.0 Å². The summed E-state index contributed by atoms with van der Waals surface area (Å²) in [5.41, 5.74) is 1.91. The number of hydrogen-bond acceptors (Lipinski definition) is 5. The molecular weight excluding hydrogens is 280 g/mol. The lowest BCUT2D eigenvalue weighted by molar-refractivity contribution is -0.133. The number of aromatic nitrogens is 2. The molecule has 2 fully saturated rings. The number of hydrogen-bond donors (Lipinski definition) is 0. The molecule has 0 saturated carbocycles. The summed E-state index contributed by atoms with van der Waals surface area (Å²) in [6, 6.07) is 1.96. The number of nitrogens with zero attached hydrogens (tertiary/aromatic N) is 4. The number of carbonyl (C=O) groups is 1. The van der Waals surface area contributed by atoms with Crippen molar-refractivity contribution in [2.75, 3.05) is 39.3 Å². The second-order valence-electron chi connectivity index (χ2n) is 6.19. The van der Waals surface area contributed by atoms with E-state index in [0.29, 0.717) is 19.7 Å². The highest BCUT2D eigenvalue weighted by Gasteiger charge is 2.27. The first-order valence-corrected chi connectivity index (χ1v) is 8.06. The maximum atomic E-state index is 12.3. The molecule has 1 amide bonds. The SMILES string of the molecule is Cc1cc(C)nc([C@H]2CN(CC(=O)N3CCCC3)CCO2)n1. The molecule has 1 aromatic rings. The van der Waals surface area contributed by atoms with Crippen LogP contribution in [-0.2, 0) is 9.53 Å². The Balaban J connectivity index is 1.62. The summed E-state index contributed by atoms with van der Waals surface area (Å²) in [6.45, 7) is 8.33. The van der Waals surface area contributed by atoms with Crippen molar-refractivity contribution in [3.8, 4) is 0 Å². The molecule has 2 aliphatic heterocycles. The van der Waals surface area contributed by atoms with E-state index in [-0.39, 0.29) is 12.0 Å². The van der Waals surface area contributed by atoms with Gasteiger partial charge < -0.3 is 9.64 Å². The molecule has 6 heteroatoms. The van der Waals surface area contributed by atoms with E-state index in [1.807, 2.05) is 24.8 Å². The van der Waals surface area contributed by atoms with Gasteiger partial charge >= 0.3 is 0 Å². The van der Waals surface area contributed by atoms with Crippen LogP contribution in [0, 0.1) is 13.8 Å². The van der Waals surface area contributed by atoms with Crippen LogP contribution in [0.1, 0.15) is 36.2 Å². The zero-order valence-corrected chi connectivity index (χ0v) is 13.4. The van der Waals surface area contributed by atoms with Crippen molar-refractivity contribution in [1.29, 1.82) is 0 Å². The highest BCUT2D eigenvalue weighted by atomic mass is 16.5. The first kappa shape index (κ1) is 15.4. The molecule has 2 saturated heterocycles. The maximum Gasteiger partial charge on any atom is 0.236 e. The van der Waals surface area contributed by atoms with Crippen LogP contribution in [0.4, 0.5) is 0 Å². The summed E-state index contributed by atoms with van der Waals surface area (Å²) < 4.78 is 5.82. The van der Waals surface area contributed by atoms with Crippen molar-refractivity contribution in [2.24, 2.45) is 0 Å². The Kier molecular flexibility index (Phi) is 4.69. The minimum atomic E-state index is -0.140. The van der Waals surface area contributed by atoms with E-state index in [9.17, 15) is 4.79 Å². The van der Waals surface area contributed by atoms with E-state index in [2.05, 4.69) is 14.9 Å². The molecule has 2 aliphatic rings. The van der Waals surface area contributed by atoms with Gasteiger partial charge in [0.1, 0.15) is 6.10 Å². The van der Waals surface area contributed by atoms with Crippen molar-refractivity contribution < 1.29 is 9.53 Å². The minimum Gasteiger partial charge on any atom is -0.368 e. The normalized spacial score (nSPS) is 23.0.